The second-order valence-electron chi connectivity index (χ2n) is 2.03. The average molecular weight is 137 g/mol. The van der Waals surface area contributed by atoms with Gasteiger partial charge in [-0.2, -0.15) is 5.26 Å². The van der Waals surface area contributed by atoms with Crippen molar-refractivity contribution in [2.75, 3.05) is 0 Å². The molecule has 0 spiro atoms. The Morgan fingerprint density at radius 1 is 1.70 bits per heavy atom. The van der Waals surface area contributed by atoms with Gasteiger partial charge < -0.3 is 0 Å². The van der Waals surface area contributed by atoms with E-state index < -0.39 is 0 Å². The molecule has 0 saturated carbocycles. The van der Waals surface area contributed by atoms with Crippen LogP contribution in [0.15, 0.2) is 11.6 Å². The van der Waals surface area contributed by atoms with Gasteiger partial charge in [0.1, 0.15) is 0 Å². The van der Waals surface area contributed by atoms with Crippen LogP contribution in [-0.4, -0.2) is 5.78 Å². The molecular formula is C8H11NO. The molecule has 0 heterocycles. The smallest absolute Gasteiger partial charge is 0.155 e. The minimum atomic E-state index is 0.0674. The minimum absolute atomic E-state index is 0.0674. The molecule has 10 heavy (non-hydrogen) atoms. The van der Waals surface area contributed by atoms with Gasteiger partial charge in [0.25, 0.3) is 0 Å². The summed E-state index contributed by atoms with van der Waals surface area (Å²) in [7, 11) is 0. The first-order valence-corrected chi connectivity index (χ1v) is 3.25. The molecule has 0 rings (SSSR count). The van der Waals surface area contributed by atoms with Crippen molar-refractivity contribution < 1.29 is 4.79 Å². The van der Waals surface area contributed by atoms with Crippen molar-refractivity contribution in [1.29, 1.82) is 5.26 Å². The van der Waals surface area contributed by atoms with Crippen molar-refractivity contribution in [2.24, 2.45) is 0 Å². The van der Waals surface area contributed by atoms with E-state index >= 15 is 0 Å². The van der Waals surface area contributed by atoms with Crippen molar-refractivity contribution in [3.05, 3.63) is 11.6 Å². The Balaban J connectivity index is 3.89. The Morgan fingerprint density at radius 3 is 2.60 bits per heavy atom. The van der Waals surface area contributed by atoms with E-state index in [1.165, 1.54) is 6.92 Å². The quantitative estimate of drug-likeness (QED) is 0.557. The summed E-state index contributed by atoms with van der Waals surface area (Å²) >= 11 is 0. The van der Waals surface area contributed by atoms with E-state index in [-0.39, 0.29) is 5.78 Å². The Morgan fingerprint density at radius 2 is 2.30 bits per heavy atom. The van der Waals surface area contributed by atoms with Crippen LogP contribution in [0.25, 0.3) is 0 Å². The monoisotopic (exact) mass is 137 g/mol. The summed E-state index contributed by atoms with van der Waals surface area (Å²) in [6, 6.07) is 1.99. The number of Topliss-reactive ketones (excluding diaryl/α,β-unsaturated/α-hetero) is 1. The van der Waals surface area contributed by atoms with E-state index in [1.54, 1.807) is 6.08 Å². The number of hydrogen-bond donors (Lipinski definition) is 0. The summed E-state index contributed by atoms with van der Waals surface area (Å²) in [6.45, 7) is 3.33. The second kappa shape index (κ2) is 4.75. The molecule has 0 aliphatic heterocycles. The highest BCUT2D eigenvalue weighted by atomic mass is 16.1. The highest BCUT2D eigenvalue weighted by molar-refractivity contribution is 5.93. The molecule has 0 fully saturated rings. The summed E-state index contributed by atoms with van der Waals surface area (Å²) in [4.78, 5) is 10.7. The molecule has 0 aromatic carbocycles. The van der Waals surface area contributed by atoms with Gasteiger partial charge in [0.05, 0.1) is 6.07 Å². The number of nitriles is 1. The van der Waals surface area contributed by atoms with Crippen LogP contribution in [0.4, 0.5) is 0 Å². The Labute approximate surface area is 61.2 Å². The third-order valence-electron chi connectivity index (χ3n) is 1.31. The number of nitrogens with zero attached hydrogens (tertiary/aromatic N) is 1. The van der Waals surface area contributed by atoms with Gasteiger partial charge >= 0.3 is 0 Å². The highest BCUT2D eigenvalue weighted by Gasteiger charge is 1.99. The van der Waals surface area contributed by atoms with Crippen molar-refractivity contribution >= 4 is 5.78 Å². The van der Waals surface area contributed by atoms with Crippen LogP contribution in [0.1, 0.15) is 26.7 Å². The van der Waals surface area contributed by atoms with E-state index in [0.717, 1.165) is 5.57 Å². The first-order chi connectivity index (χ1) is 4.72. The maximum atomic E-state index is 10.7. The van der Waals surface area contributed by atoms with Crippen molar-refractivity contribution in [3.8, 4) is 6.07 Å². The third kappa shape index (κ3) is 3.03. The Hall–Kier alpha value is -1.10. The van der Waals surface area contributed by atoms with E-state index in [0.29, 0.717) is 12.8 Å². The molecule has 0 amide bonds. The van der Waals surface area contributed by atoms with Crippen LogP contribution in [0.5, 0.6) is 0 Å². The predicted octanol–water partition coefficient (Wildman–Crippen LogP) is 1.83. The normalized spacial score (nSPS) is 10.7. The van der Waals surface area contributed by atoms with Crippen LogP contribution < -0.4 is 0 Å². The Kier molecular flexibility index (Phi) is 4.23. The lowest BCUT2D eigenvalue weighted by Gasteiger charge is -1.95. The SMILES string of the molecule is CC=C(CCC#N)C(C)=O. The molecule has 0 aromatic heterocycles. The van der Waals surface area contributed by atoms with Gasteiger partial charge in [-0.15, -0.1) is 0 Å². The van der Waals surface area contributed by atoms with Gasteiger partial charge in [-0.25, -0.2) is 0 Å². The summed E-state index contributed by atoms with van der Waals surface area (Å²) in [5.41, 5.74) is 0.751. The first-order valence-electron chi connectivity index (χ1n) is 3.25. The summed E-state index contributed by atoms with van der Waals surface area (Å²) in [5, 5.41) is 8.20. The van der Waals surface area contributed by atoms with E-state index in [9.17, 15) is 4.79 Å². The highest BCUT2D eigenvalue weighted by Crippen LogP contribution is 2.04. The third-order valence-corrected chi connectivity index (χ3v) is 1.31. The Bertz CT molecular complexity index is 186. The molecule has 0 atom stereocenters. The molecule has 0 saturated heterocycles. The predicted molar refractivity (Wildman–Crippen MR) is 39.3 cm³/mol. The zero-order valence-corrected chi connectivity index (χ0v) is 6.35. The summed E-state index contributed by atoms with van der Waals surface area (Å²) in [6.07, 6.45) is 2.78. The lowest BCUT2D eigenvalue weighted by molar-refractivity contribution is -0.113. The fourth-order valence-corrected chi connectivity index (χ4v) is 0.714. The molecule has 0 N–H and O–H groups in total. The number of carbonyl (C=O) groups is 1. The lowest BCUT2D eigenvalue weighted by Crippen LogP contribution is -1.95. The summed E-state index contributed by atoms with van der Waals surface area (Å²) in [5.74, 6) is 0.0674. The van der Waals surface area contributed by atoms with Crippen molar-refractivity contribution in [1.82, 2.24) is 0 Å². The number of carbonyl (C=O) groups excluding carboxylic acids is 1. The molecule has 0 radical (unpaired) electrons. The first kappa shape index (κ1) is 8.90. The largest absolute Gasteiger partial charge is 0.295 e. The molecule has 0 unspecified atom stereocenters. The van der Waals surface area contributed by atoms with E-state index in [4.69, 9.17) is 5.26 Å². The van der Waals surface area contributed by atoms with Gasteiger partial charge in [0, 0.05) is 6.42 Å². The lowest BCUT2D eigenvalue weighted by atomic mass is 10.1. The van der Waals surface area contributed by atoms with Gasteiger partial charge in [-0.3, -0.25) is 4.79 Å². The van der Waals surface area contributed by atoms with E-state index in [1.807, 2.05) is 13.0 Å². The van der Waals surface area contributed by atoms with Crippen LogP contribution >= 0.6 is 0 Å². The molecular weight excluding hydrogens is 126 g/mol. The minimum Gasteiger partial charge on any atom is -0.295 e. The van der Waals surface area contributed by atoms with Crippen LogP contribution in [-0.2, 0) is 4.79 Å². The van der Waals surface area contributed by atoms with Gasteiger partial charge in [0.15, 0.2) is 5.78 Å². The molecule has 0 bridgehead atoms. The second-order valence-corrected chi connectivity index (χ2v) is 2.03. The maximum Gasteiger partial charge on any atom is 0.155 e. The number of rotatable bonds is 3. The molecule has 54 valence electrons. The van der Waals surface area contributed by atoms with Crippen LogP contribution in [0.3, 0.4) is 0 Å². The van der Waals surface area contributed by atoms with Crippen molar-refractivity contribution in [2.45, 2.75) is 26.7 Å². The zero-order chi connectivity index (χ0) is 7.98. The number of allylic oxidation sites excluding steroid dienone is 2. The van der Waals surface area contributed by atoms with Gasteiger partial charge in [0.2, 0.25) is 0 Å². The van der Waals surface area contributed by atoms with Crippen LogP contribution in [0.2, 0.25) is 0 Å². The fraction of sp³-hybridized carbons (Fsp3) is 0.500. The molecule has 2 nitrogen and oxygen atoms in total. The van der Waals surface area contributed by atoms with Crippen LogP contribution in [0, 0.1) is 11.3 Å². The average Bonchev–Trinajstić information content (AvgIpc) is 1.89. The number of ketones is 1. The summed E-state index contributed by atoms with van der Waals surface area (Å²) < 4.78 is 0. The maximum absolute atomic E-state index is 10.7. The van der Waals surface area contributed by atoms with Gasteiger partial charge in [-0.05, 0) is 25.8 Å². The van der Waals surface area contributed by atoms with Gasteiger partial charge in [-0.1, -0.05) is 6.08 Å². The molecule has 0 aromatic rings. The fourth-order valence-electron chi connectivity index (χ4n) is 0.714. The van der Waals surface area contributed by atoms with E-state index in [2.05, 4.69) is 0 Å². The zero-order valence-electron chi connectivity index (χ0n) is 6.35. The molecule has 2 heteroatoms. The van der Waals surface area contributed by atoms with Crippen molar-refractivity contribution in [3.63, 3.8) is 0 Å². The number of hydrogen-bond acceptors (Lipinski definition) is 2. The topological polar surface area (TPSA) is 40.9 Å². The molecule has 0 aliphatic rings. The standard InChI is InChI=1S/C8H11NO/c1-3-8(7(2)10)5-4-6-9/h3H,4-5H2,1-2H3. The molecule has 0 aliphatic carbocycles.